The van der Waals surface area contributed by atoms with Crippen molar-refractivity contribution >= 4 is 5.91 Å². The number of likely N-dealkylation sites (N-methyl/N-ethyl adjacent to an activating group) is 1. The van der Waals surface area contributed by atoms with Crippen LogP contribution in [0.2, 0.25) is 0 Å². The number of nitrogens with zero attached hydrogens (tertiary/aromatic N) is 2. The summed E-state index contributed by atoms with van der Waals surface area (Å²) in [5.74, 6) is 0.273. The van der Waals surface area contributed by atoms with Crippen molar-refractivity contribution in [1.29, 1.82) is 0 Å². The van der Waals surface area contributed by atoms with Gasteiger partial charge in [-0.25, -0.2) is 0 Å². The lowest BCUT2D eigenvalue weighted by Gasteiger charge is -2.42. The van der Waals surface area contributed by atoms with Crippen molar-refractivity contribution in [2.45, 2.75) is 19.4 Å². The van der Waals surface area contributed by atoms with Crippen molar-refractivity contribution in [1.82, 2.24) is 15.1 Å². The van der Waals surface area contributed by atoms with Crippen molar-refractivity contribution in [3.63, 3.8) is 0 Å². The molecule has 2 fully saturated rings. The first-order valence-electron chi connectivity index (χ1n) is 6.78. The molecule has 0 spiro atoms. The van der Waals surface area contributed by atoms with Crippen LogP contribution in [0.1, 0.15) is 13.3 Å². The van der Waals surface area contributed by atoms with Crippen LogP contribution in [0, 0.1) is 5.41 Å². The van der Waals surface area contributed by atoms with Crippen LogP contribution in [-0.4, -0.2) is 75.2 Å². The highest BCUT2D eigenvalue weighted by Gasteiger charge is 2.45. The maximum absolute atomic E-state index is 12.8. The fourth-order valence-electron chi connectivity index (χ4n) is 3.13. The average Bonchev–Trinajstić information content (AvgIpc) is 2.78. The Morgan fingerprint density at radius 2 is 2.28 bits per heavy atom. The molecule has 2 aliphatic rings. The molecule has 18 heavy (non-hydrogen) atoms. The van der Waals surface area contributed by atoms with Crippen LogP contribution in [0.3, 0.4) is 0 Å². The average molecular weight is 255 g/mol. The van der Waals surface area contributed by atoms with Gasteiger partial charge in [-0.3, -0.25) is 4.79 Å². The first-order chi connectivity index (χ1) is 8.59. The van der Waals surface area contributed by atoms with Gasteiger partial charge in [0.1, 0.15) is 0 Å². The molecule has 104 valence electrons. The van der Waals surface area contributed by atoms with E-state index in [-0.39, 0.29) is 11.3 Å². The van der Waals surface area contributed by atoms with E-state index in [0.717, 1.165) is 39.1 Å². The molecule has 1 N–H and O–H groups in total. The zero-order chi connectivity index (χ0) is 13.2. The minimum atomic E-state index is -0.334. The van der Waals surface area contributed by atoms with Crippen LogP contribution in [0.4, 0.5) is 0 Å². The topological polar surface area (TPSA) is 44.8 Å². The summed E-state index contributed by atoms with van der Waals surface area (Å²) in [6.07, 6.45) is 0.888. The highest BCUT2D eigenvalue weighted by molar-refractivity contribution is 5.84. The SMILES string of the molecule is COCC1(C(=O)N2CCN(C)CC2C)CCNC1. The van der Waals surface area contributed by atoms with Crippen molar-refractivity contribution in [2.75, 3.05) is 53.5 Å². The van der Waals surface area contributed by atoms with Crippen LogP contribution in [-0.2, 0) is 9.53 Å². The predicted molar refractivity (Wildman–Crippen MR) is 70.5 cm³/mol. The second kappa shape index (κ2) is 5.55. The molecule has 0 bridgehead atoms. The predicted octanol–water partition coefficient (Wildman–Crippen LogP) is -0.225. The second-order valence-electron chi connectivity index (χ2n) is 5.75. The summed E-state index contributed by atoms with van der Waals surface area (Å²) in [6.45, 7) is 7.08. The first-order valence-corrected chi connectivity index (χ1v) is 6.78. The van der Waals surface area contributed by atoms with Crippen LogP contribution >= 0.6 is 0 Å². The summed E-state index contributed by atoms with van der Waals surface area (Å²) in [7, 11) is 3.79. The Labute approximate surface area is 109 Å². The molecule has 2 rings (SSSR count). The lowest BCUT2D eigenvalue weighted by molar-refractivity contribution is -0.148. The molecule has 0 radical (unpaired) electrons. The monoisotopic (exact) mass is 255 g/mol. The van der Waals surface area contributed by atoms with Gasteiger partial charge in [0.25, 0.3) is 0 Å². The van der Waals surface area contributed by atoms with E-state index >= 15 is 0 Å². The van der Waals surface area contributed by atoms with Crippen LogP contribution < -0.4 is 5.32 Å². The van der Waals surface area contributed by atoms with E-state index in [1.165, 1.54) is 0 Å². The van der Waals surface area contributed by atoms with E-state index in [2.05, 4.69) is 24.2 Å². The lowest BCUT2D eigenvalue weighted by atomic mass is 9.85. The minimum absolute atomic E-state index is 0.273. The number of ether oxygens (including phenoxy) is 1. The Kier molecular flexibility index (Phi) is 4.25. The Morgan fingerprint density at radius 3 is 2.83 bits per heavy atom. The third kappa shape index (κ3) is 2.53. The number of carbonyl (C=O) groups is 1. The molecular formula is C13H25N3O2. The van der Waals surface area contributed by atoms with Crippen molar-refractivity contribution in [2.24, 2.45) is 5.41 Å². The standard InChI is InChI=1S/C13H25N3O2/c1-11-8-15(2)6-7-16(11)12(17)13(10-18-3)4-5-14-9-13/h11,14H,4-10H2,1-3H3. The summed E-state index contributed by atoms with van der Waals surface area (Å²) in [5.41, 5.74) is -0.334. The first kappa shape index (κ1) is 13.8. The third-order valence-corrected chi connectivity index (χ3v) is 4.21. The number of nitrogens with one attached hydrogen (secondary N) is 1. The molecule has 0 aromatic heterocycles. The highest BCUT2D eigenvalue weighted by Crippen LogP contribution is 2.30. The van der Waals surface area contributed by atoms with E-state index in [0.29, 0.717) is 12.6 Å². The van der Waals surface area contributed by atoms with Crippen molar-refractivity contribution in [3.8, 4) is 0 Å². The van der Waals surface area contributed by atoms with Gasteiger partial charge >= 0.3 is 0 Å². The molecular weight excluding hydrogens is 230 g/mol. The van der Waals surface area contributed by atoms with E-state index in [4.69, 9.17) is 4.74 Å². The number of carbonyl (C=O) groups excluding carboxylic acids is 1. The molecule has 5 nitrogen and oxygen atoms in total. The molecule has 2 saturated heterocycles. The smallest absolute Gasteiger partial charge is 0.232 e. The van der Waals surface area contributed by atoms with Gasteiger partial charge in [-0.15, -0.1) is 0 Å². The second-order valence-corrected chi connectivity index (χ2v) is 5.75. The molecule has 0 aromatic rings. The van der Waals surface area contributed by atoms with Gasteiger partial charge < -0.3 is 19.9 Å². The molecule has 0 aromatic carbocycles. The molecule has 2 unspecified atom stereocenters. The molecule has 0 aliphatic carbocycles. The van der Waals surface area contributed by atoms with Gasteiger partial charge in [0.05, 0.1) is 12.0 Å². The van der Waals surface area contributed by atoms with Gasteiger partial charge in [-0.1, -0.05) is 0 Å². The van der Waals surface area contributed by atoms with Crippen LogP contribution in [0.15, 0.2) is 0 Å². The fraction of sp³-hybridized carbons (Fsp3) is 0.923. The van der Waals surface area contributed by atoms with Gasteiger partial charge in [-0.05, 0) is 26.9 Å². The summed E-state index contributed by atoms with van der Waals surface area (Å²) in [6, 6.07) is 0.297. The zero-order valence-corrected chi connectivity index (χ0v) is 11.7. The van der Waals surface area contributed by atoms with Crippen molar-refractivity contribution < 1.29 is 9.53 Å². The van der Waals surface area contributed by atoms with Gasteiger partial charge in [-0.2, -0.15) is 0 Å². The summed E-state index contributed by atoms with van der Waals surface area (Å²) >= 11 is 0. The van der Waals surface area contributed by atoms with E-state index in [1.807, 2.05) is 4.90 Å². The number of hydrogen-bond donors (Lipinski definition) is 1. The number of hydrogen-bond acceptors (Lipinski definition) is 4. The lowest BCUT2D eigenvalue weighted by Crippen LogP contribution is -2.58. The number of rotatable bonds is 3. The Morgan fingerprint density at radius 1 is 1.50 bits per heavy atom. The van der Waals surface area contributed by atoms with Gasteiger partial charge in [0.2, 0.25) is 5.91 Å². The molecule has 1 amide bonds. The van der Waals surface area contributed by atoms with Gasteiger partial charge in [0.15, 0.2) is 0 Å². The molecule has 5 heteroatoms. The summed E-state index contributed by atoms with van der Waals surface area (Å²) < 4.78 is 5.30. The molecule has 2 heterocycles. The van der Waals surface area contributed by atoms with Crippen LogP contribution in [0.25, 0.3) is 0 Å². The largest absolute Gasteiger partial charge is 0.384 e. The zero-order valence-electron chi connectivity index (χ0n) is 11.7. The van der Waals surface area contributed by atoms with E-state index in [1.54, 1.807) is 7.11 Å². The van der Waals surface area contributed by atoms with E-state index in [9.17, 15) is 4.79 Å². The quantitative estimate of drug-likeness (QED) is 0.757. The number of piperazine rings is 1. The Bertz CT molecular complexity index is 303. The molecule has 2 aliphatic heterocycles. The van der Waals surface area contributed by atoms with E-state index < -0.39 is 0 Å². The fourth-order valence-corrected chi connectivity index (χ4v) is 3.13. The Hall–Kier alpha value is -0.650. The Balaban J connectivity index is 2.09. The normalized spacial score (nSPS) is 33.9. The number of amides is 1. The minimum Gasteiger partial charge on any atom is -0.384 e. The van der Waals surface area contributed by atoms with Crippen molar-refractivity contribution in [3.05, 3.63) is 0 Å². The summed E-state index contributed by atoms with van der Waals surface area (Å²) in [4.78, 5) is 17.1. The number of methoxy groups -OCH3 is 1. The maximum Gasteiger partial charge on any atom is 0.232 e. The highest BCUT2D eigenvalue weighted by atomic mass is 16.5. The maximum atomic E-state index is 12.8. The molecule has 0 saturated carbocycles. The summed E-state index contributed by atoms with van der Waals surface area (Å²) in [5, 5.41) is 3.30. The van der Waals surface area contributed by atoms with Gasteiger partial charge in [0, 0.05) is 39.3 Å². The third-order valence-electron chi connectivity index (χ3n) is 4.21. The van der Waals surface area contributed by atoms with Crippen LogP contribution in [0.5, 0.6) is 0 Å². The molecule has 2 atom stereocenters.